The van der Waals surface area contributed by atoms with Gasteiger partial charge in [0.2, 0.25) is 0 Å². The molecule has 10 heteroatoms. The first-order valence-electron chi connectivity index (χ1n) is 5.73. The van der Waals surface area contributed by atoms with Gasteiger partial charge in [0, 0.05) is 0 Å². The fourth-order valence-corrected chi connectivity index (χ4v) is 2.42. The summed E-state index contributed by atoms with van der Waals surface area (Å²) in [6.07, 6.45) is 2.89. The van der Waals surface area contributed by atoms with Crippen molar-refractivity contribution >= 4 is 33.8 Å². The van der Waals surface area contributed by atoms with E-state index in [0.29, 0.717) is 22.0 Å². The maximum absolute atomic E-state index is 11.3. The number of fused-ring (bicyclic) bond motifs is 1. The van der Waals surface area contributed by atoms with Crippen molar-refractivity contribution in [3.8, 4) is 5.75 Å². The minimum Gasteiger partial charge on any atom is -0.493 e. The molecule has 3 rings (SSSR count). The maximum atomic E-state index is 11.3. The molecule has 108 valence electrons. The number of hydrogen-bond acceptors (Lipinski definition) is 9. The van der Waals surface area contributed by atoms with Crippen LogP contribution in [0.1, 0.15) is 5.56 Å². The molecule has 0 saturated carbocycles. The second kappa shape index (κ2) is 5.25. The number of nitrogens with two attached hydrogens (primary N) is 1. The van der Waals surface area contributed by atoms with E-state index in [9.17, 15) is 4.79 Å². The highest BCUT2D eigenvalue weighted by atomic mass is 32.1. The van der Waals surface area contributed by atoms with Crippen LogP contribution in [0.4, 0.5) is 5.95 Å². The summed E-state index contributed by atoms with van der Waals surface area (Å²) in [5, 5.41) is 11.3. The molecule has 0 radical (unpaired) electrons. The smallest absolute Gasteiger partial charge is 0.396 e. The van der Waals surface area contributed by atoms with Crippen LogP contribution in [0.3, 0.4) is 0 Å². The number of aromatic nitrogens is 3. The zero-order valence-corrected chi connectivity index (χ0v) is 11.6. The second-order valence-electron chi connectivity index (χ2n) is 3.94. The van der Waals surface area contributed by atoms with Gasteiger partial charge in [-0.2, -0.15) is 5.10 Å². The van der Waals surface area contributed by atoms with Gasteiger partial charge in [-0.15, -0.1) is 10.2 Å². The molecule has 2 heterocycles. The van der Waals surface area contributed by atoms with Crippen LogP contribution >= 0.6 is 11.3 Å². The SMILES string of the molecule is COc1cc(/C=N\Nc2nncn2N)cc2sc(=O)oc12. The largest absolute Gasteiger partial charge is 0.493 e. The van der Waals surface area contributed by atoms with Crippen molar-refractivity contribution < 1.29 is 9.15 Å². The summed E-state index contributed by atoms with van der Waals surface area (Å²) in [6.45, 7) is 0. The Kier molecular flexibility index (Phi) is 3.28. The van der Waals surface area contributed by atoms with Crippen molar-refractivity contribution in [1.82, 2.24) is 14.9 Å². The van der Waals surface area contributed by atoms with E-state index in [1.165, 1.54) is 18.1 Å². The summed E-state index contributed by atoms with van der Waals surface area (Å²) in [5.41, 5.74) is 3.80. The number of hydrazone groups is 1. The lowest BCUT2D eigenvalue weighted by Crippen LogP contribution is -2.10. The van der Waals surface area contributed by atoms with E-state index >= 15 is 0 Å². The number of nitrogens with one attached hydrogen (secondary N) is 1. The monoisotopic (exact) mass is 306 g/mol. The van der Waals surface area contributed by atoms with E-state index in [-0.39, 0.29) is 4.94 Å². The Bertz CT molecular complexity index is 864. The highest BCUT2D eigenvalue weighted by Gasteiger charge is 2.10. The van der Waals surface area contributed by atoms with E-state index < -0.39 is 0 Å². The molecule has 0 bridgehead atoms. The van der Waals surface area contributed by atoms with E-state index in [1.807, 2.05) is 0 Å². The van der Waals surface area contributed by atoms with Gasteiger partial charge in [0.25, 0.3) is 5.95 Å². The molecule has 3 N–H and O–H groups in total. The second-order valence-corrected chi connectivity index (χ2v) is 4.91. The summed E-state index contributed by atoms with van der Waals surface area (Å²) < 4.78 is 12.1. The van der Waals surface area contributed by atoms with E-state index in [4.69, 9.17) is 15.0 Å². The minimum atomic E-state index is -0.383. The van der Waals surface area contributed by atoms with Gasteiger partial charge >= 0.3 is 4.94 Å². The standard InChI is InChI=1S/C11H10N6O3S/c1-19-7-2-6(3-8-9(7)20-11(18)21-8)4-13-15-10-16-14-5-17(10)12/h2-5H,12H2,1H3,(H,15,16)/b13-4-. The molecule has 0 aliphatic carbocycles. The van der Waals surface area contributed by atoms with Crippen molar-refractivity contribution in [2.24, 2.45) is 5.10 Å². The number of nitrogen functional groups attached to an aromatic ring is 1. The number of anilines is 1. The minimum absolute atomic E-state index is 0.298. The summed E-state index contributed by atoms with van der Waals surface area (Å²) in [4.78, 5) is 10.9. The van der Waals surface area contributed by atoms with Gasteiger partial charge in [0.1, 0.15) is 6.33 Å². The molecule has 0 amide bonds. The lowest BCUT2D eigenvalue weighted by atomic mass is 10.2. The van der Waals surface area contributed by atoms with E-state index in [1.54, 1.807) is 18.3 Å². The molecule has 2 aromatic heterocycles. The van der Waals surface area contributed by atoms with Crippen LogP contribution in [-0.2, 0) is 0 Å². The van der Waals surface area contributed by atoms with Crippen molar-refractivity contribution in [2.45, 2.75) is 0 Å². The van der Waals surface area contributed by atoms with Crippen LogP contribution in [0.25, 0.3) is 10.3 Å². The third kappa shape index (κ3) is 2.56. The predicted molar refractivity (Wildman–Crippen MR) is 78.3 cm³/mol. The Morgan fingerprint density at radius 3 is 3.14 bits per heavy atom. The van der Waals surface area contributed by atoms with Gasteiger partial charge in [-0.1, -0.05) is 11.3 Å². The van der Waals surface area contributed by atoms with Crippen LogP contribution in [0.2, 0.25) is 0 Å². The molecule has 0 unspecified atom stereocenters. The summed E-state index contributed by atoms with van der Waals surface area (Å²) >= 11 is 0.999. The Morgan fingerprint density at radius 2 is 2.43 bits per heavy atom. The molecular formula is C11H10N6O3S. The van der Waals surface area contributed by atoms with E-state index in [2.05, 4.69) is 20.7 Å². The number of methoxy groups -OCH3 is 1. The zero-order valence-electron chi connectivity index (χ0n) is 10.8. The molecule has 1 aromatic carbocycles. The topological polar surface area (TPSA) is 121 Å². The van der Waals surface area contributed by atoms with Gasteiger partial charge in [-0.3, -0.25) is 0 Å². The first kappa shape index (κ1) is 13.1. The van der Waals surface area contributed by atoms with Crippen LogP contribution in [0.15, 0.2) is 32.8 Å². The van der Waals surface area contributed by atoms with Gasteiger partial charge in [0.15, 0.2) is 11.3 Å². The first-order chi connectivity index (χ1) is 10.2. The Hall–Kier alpha value is -2.88. The van der Waals surface area contributed by atoms with Crippen molar-refractivity contribution in [2.75, 3.05) is 18.4 Å². The normalized spacial score (nSPS) is 11.3. The summed E-state index contributed by atoms with van der Waals surface area (Å²) in [6, 6.07) is 3.47. The van der Waals surface area contributed by atoms with Gasteiger partial charge in [0.05, 0.1) is 18.0 Å². The van der Waals surface area contributed by atoms with Crippen molar-refractivity contribution in [3.63, 3.8) is 0 Å². The van der Waals surface area contributed by atoms with Gasteiger partial charge < -0.3 is 15.0 Å². The van der Waals surface area contributed by atoms with E-state index in [0.717, 1.165) is 16.9 Å². The first-order valence-corrected chi connectivity index (χ1v) is 6.55. The van der Waals surface area contributed by atoms with Crippen LogP contribution in [0.5, 0.6) is 5.75 Å². The lowest BCUT2D eigenvalue weighted by molar-refractivity contribution is 0.408. The number of nitrogens with zero attached hydrogens (tertiary/aromatic N) is 4. The zero-order chi connectivity index (χ0) is 14.8. The maximum Gasteiger partial charge on any atom is 0.396 e. The molecule has 0 spiro atoms. The molecule has 0 saturated heterocycles. The Labute approximate surface area is 121 Å². The Balaban J connectivity index is 1.90. The fourth-order valence-electron chi connectivity index (χ4n) is 1.68. The van der Waals surface area contributed by atoms with Crippen LogP contribution in [0, 0.1) is 0 Å². The molecule has 0 aliphatic heterocycles. The quantitative estimate of drug-likeness (QED) is 0.411. The average Bonchev–Trinajstić information content (AvgIpc) is 3.03. The third-order valence-electron chi connectivity index (χ3n) is 2.59. The Morgan fingerprint density at radius 1 is 1.57 bits per heavy atom. The third-order valence-corrected chi connectivity index (χ3v) is 3.37. The van der Waals surface area contributed by atoms with Crippen LogP contribution < -0.4 is 20.9 Å². The number of hydrogen-bond donors (Lipinski definition) is 2. The molecule has 0 aliphatic rings. The van der Waals surface area contributed by atoms with Crippen molar-refractivity contribution in [1.29, 1.82) is 0 Å². The molecule has 0 atom stereocenters. The molecule has 3 aromatic rings. The molecular weight excluding hydrogens is 296 g/mol. The lowest BCUT2D eigenvalue weighted by Gasteiger charge is -2.02. The summed E-state index contributed by atoms with van der Waals surface area (Å²) in [7, 11) is 1.50. The van der Waals surface area contributed by atoms with Crippen molar-refractivity contribution in [3.05, 3.63) is 33.8 Å². The summed E-state index contributed by atoms with van der Waals surface area (Å²) in [5.74, 6) is 6.30. The highest BCUT2D eigenvalue weighted by molar-refractivity contribution is 7.16. The molecule has 9 nitrogen and oxygen atoms in total. The van der Waals surface area contributed by atoms with Crippen LogP contribution in [-0.4, -0.2) is 28.2 Å². The number of benzene rings is 1. The molecule has 0 fully saturated rings. The fraction of sp³-hybridized carbons (Fsp3) is 0.0909. The van der Waals surface area contributed by atoms with Gasteiger partial charge in [-0.05, 0) is 17.7 Å². The average molecular weight is 306 g/mol. The van der Waals surface area contributed by atoms with Gasteiger partial charge in [-0.25, -0.2) is 14.9 Å². The number of ether oxygens (including phenoxy) is 1. The number of rotatable bonds is 4. The highest BCUT2D eigenvalue weighted by Crippen LogP contribution is 2.28. The predicted octanol–water partition coefficient (Wildman–Crippen LogP) is 0.614. The molecule has 21 heavy (non-hydrogen) atoms.